The number of hydrogen-bond donors (Lipinski definition) is 2. The van der Waals surface area contributed by atoms with E-state index in [2.05, 4.69) is 5.32 Å². The van der Waals surface area contributed by atoms with Crippen molar-refractivity contribution in [1.29, 1.82) is 0 Å². The van der Waals surface area contributed by atoms with E-state index in [1.807, 2.05) is 26.1 Å². The molecule has 0 aliphatic carbocycles. The summed E-state index contributed by atoms with van der Waals surface area (Å²) in [5.41, 5.74) is 0.491. The first kappa shape index (κ1) is 15.3. The number of amides is 1. The number of quaternary nitrogens is 1. The Bertz CT molecular complexity index is 610. The van der Waals surface area contributed by atoms with Crippen molar-refractivity contribution in [1.82, 2.24) is 5.32 Å². The molecule has 0 bridgehead atoms. The van der Waals surface area contributed by atoms with Gasteiger partial charge in [-0.1, -0.05) is 18.2 Å². The van der Waals surface area contributed by atoms with E-state index in [4.69, 9.17) is 4.42 Å². The molecule has 1 heterocycles. The average molecular weight is 291 g/mol. The number of hydrogen-bond acceptors (Lipinski definition) is 2. The van der Waals surface area contributed by atoms with Gasteiger partial charge < -0.3 is 14.6 Å². The highest BCUT2D eigenvalue weighted by Gasteiger charge is 2.12. The number of aryl methyl sites for hydroxylation is 1. The van der Waals surface area contributed by atoms with Crippen molar-refractivity contribution in [3.05, 3.63) is 59.3 Å². The molecule has 1 aromatic carbocycles. The van der Waals surface area contributed by atoms with Gasteiger partial charge in [-0.15, -0.1) is 0 Å². The molecule has 21 heavy (non-hydrogen) atoms. The molecule has 0 aliphatic heterocycles. The van der Waals surface area contributed by atoms with Gasteiger partial charge in [-0.3, -0.25) is 4.79 Å². The van der Waals surface area contributed by atoms with E-state index < -0.39 is 0 Å². The van der Waals surface area contributed by atoms with E-state index in [0.29, 0.717) is 18.7 Å². The minimum absolute atomic E-state index is 0.112. The maximum atomic E-state index is 13.4. The zero-order valence-electron chi connectivity index (χ0n) is 12.3. The Hall–Kier alpha value is -2.14. The SMILES string of the molecule is Cc1ccc(C[NH+](C)CC(=O)NCc2ccccc2F)o1. The molecule has 4 nitrogen and oxygen atoms in total. The summed E-state index contributed by atoms with van der Waals surface area (Å²) in [5, 5.41) is 2.73. The van der Waals surface area contributed by atoms with Gasteiger partial charge in [-0.2, -0.15) is 0 Å². The van der Waals surface area contributed by atoms with Crippen LogP contribution in [0.4, 0.5) is 4.39 Å². The number of likely N-dealkylation sites (N-methyl/N-ethyl adjacent to an activating group) is 1. The van der Waals surface area contributed by atoms with Crippen LogP contribution in [0.1, 0.15) is 17.1 Å². The Labute approximate surface area is 123 Å². The average Bonchev–Trinajstić information content (AvgIpc) is 2.83. The van der Waals surface area contributed by atoms with E-state index in [1.165, 1.54) is 6.07 Å². The van der Waals surface area contributed by atoms with Crippen molar-refractivity contribution in [3.8, 4) is 0 Å². The smallest absolute Gasteiger partial charge is 0.275 e. The molecule has 0 saturated carbocycles. The molecule has 0 spiro atoms. The Morgan fingerprint density at radius 1 is 1.29 bits per heavy atom. The van der Waals surface area contributed by atoms with E-state index in [0.717, 1.165) is 16.4 Å². The molecule has 5 heteroatoms. The van der Waals surface area contributed by atoms with Crippen LogP contribution in [0.3, 0.4) is 0 Å². The van der Waals surface area contributed by atoms with Crippen LogP contribution in [0.25, 0.3) is 0 Å². The topological polar surface area (TPSA) is 46.7 Å². The summed E-state index contributed by atoms with van der Waals surface area (Å²) >= 11 is 0. The molecule has 112 valence electrons. The van der Waals surface area contributed by atoms with Crippen molar-refractivity contribution in [3.63, 3.8) is 0 Å². The lowest BCUT2D eigenvalue weighted by molar-refractivity contribution is -0.886. The van der Waals surface area contributed by atoms with Crippen molar-refractivity contribution in [2.24, 2.45) is 0 Å². The van der Waals surface area contributed by atoms with Crippen molar-refractivity contribution < 1.29 is 18.5 Å². The Kier molecular flexibility index (Phi) is 5.11. The van der Waals surface area contributed by atoms with Gasteiger partial charge in [0.1, 0.15) is 18.1 Å². The van der Waals surface area contributed by atoms with E-state index in [-0.39, 0.29) is 18.3 Å². The van der Waals surface area contributed by atoms with Crippen LogP contribution in [0, 0.1) is 12.7 Å². The zero-order valence-corrected chi connectivity index (χ0v) is 12.3. The van der Waals surface area contributed by atoms with E-state index in [1.54, 1.807) is 18.2 Å². The summed E-state index contributed by atoms with van der Waals surface area (Å²) < 4.78 is 18.9. The van der Waals surface area contributed by atoms with Gasteiger partial charge in [0.15, 0.2) is 12.3 Å². The molecule has 1 atom stereocenters. The van der Waals surface area contributed by atoms with Gasteiger partial charge >= 0.3 is 0 Å². The molecule has 2 N–H and O–H groups in total. The Balaban J connectivity index is 1.77. The third-order valence-corrected chi connectivity index (χ3v) is 3.17. The Morgan fingerprint density at radius 2 is 2.05 bits per heavy atom. The number of carbonyl (C=O) groups is 1. The van der Waals surface area contributed by atoms with Crippen molar-refractivity contribution in [2.45, 2.75) is 20.0 Å². The zero-order chi connectivity index (χ0) is 15.2. The summed E-state index contributed by atoms with van der Waals surface area (Å²) in [6.07, 6.45) is 0. The molecule has 0 aliphatic rings. The maximum Gasteiger partial charge on any atom is 0.275 e. The summed E-state index contributed by atoms with van der Waals surface area (Å²) in [4.78, 5) is 12.9. The first-order valence-electron chi connectivity index (χ1n) is 6.91. The van der Waals surface area contributed by atoms with Crippen LogP contribution in [0.5, 0.6) is 0 Å². The van der Waals surface area contributed by atoms with Crippen LogP contribution in [0.15, 0.2) is 40.8 Å². The summed E-state index contributed by atoms with van der Waals surface area (Å²) in [6, 6.07) is 10.2. The predicted molar refractivity (Wildman–Crippen MR) is 77.1 cm³/mol. The second kappa shape index (κ2) is 7.04. The second-order valence-electron chi connectivity index (χ2n) is 5.19. The summed E-state index contributed by atoms with van der Waals surface area (Å²) in [7, 11) is 1.92. The number of halogens is 1. The monoisotopic (exact) mass is 291 g/mol. The first-order valence-corrected chi connectivity index (χ1v) is 6.91. The third kappa shape index (κ3) is 4.72. The van der Waals surface area contributed by atoms with Crippen LogP contribution < -0.4 is 10.2 Å². The second-order valence-corrected chi connectivity index (χ2v) is 5.19. The fourth-order valence-corrected chi connectivity index (χ4v) is 2.11. The quantitative estimate of drug-likeness (QED) is 0.836. The number of carbonyl (C=O) groups excluding carboxylic acids is 1. The number of rotatable bonds is 6. The Morgan fingerprint density at radius 3 is 2.71 bits per heavy atom. The molecule has 0 radical (unpaired) electrons. The molecule has 1 unspecified atom stereocenters. The summed E-state index contributed by atoms with van der Waals surface area (Å²) in [6.45, 7) is 3.05. The fourth-order valence-electron chi connectivity index (χ4n) is 2.11. The lowest BCUT2D eigenvalue weighted by Crippen LogP contribution is -3.08. The van der Waals surface area contributed by atoms with Gasteiger partial charge in [0, 0.05) is 12.1 Å². The molecular formula is C16H20FN2O2+. The molecule has 1 amide bonds. The van der Waals surface area contributed by atoms with Crippen LogP contribution >= 0.6 is 0 Å². The first-order chi connectivity index (χ1) is 10.0. The summed E-state index contributed by atoms with van der Waals surface area (Å²) in [5.74, 6) is 1.30. The van der Waals surface area contributed by atoms with Crippen LogP contribution in [-0.2, 0) is 17.9 Å². The standard InChI is InChI=1S/C16H19FN2O2/c1-12-7-8-14(21-12)10-19(2)11-16(20)18-9-13-5-3-4-6-15(13)17/h3-8H,9-11H2,1-2H3,(H,18,20)/p+1. The molecule has 2 rings (SSSR count). The van der Waals surface area contributed by atoms with Gasteiger partial charge in [0.05, 0.1) is 7.05 Å². The van der Waals surface area contributed by atoms with Crippen LogP contribution in [0.2, 0.25) is 0 Å². The maximum absolute atomic E-state index is 13.4. The normalized spacial score (nSPS) is 12.1. The van der Waals surface area contributed by atoms with Gasteiger partial charge in [0.2, 0.25) is 0 Å². The van der Waals surface area contributed by atoms with Gasteiger partial charge in [0.25, 0.3) is 5.91 Å². The van der Waals surface area contributed by atoms with Gasteiger partial charge in [-0.05, 0) is 25.1 Å². The lowest BCUT2D eigenvalue weighted by atomic mass is 10.2. The van der Waals surface area contributed by atoms with Crippen molar-refractivity contribution in [2.75, 3.05) is 13.6 Å². The number of nitrogens with one attached hydrogen (secondary N) is 2. The molecular weight excluding hydrogens is 271 g/mol. The highest BCUT2D eigenvalue weighted by Crippen LogP contribution is 2.05. The minimum atomic E-state index is -0.301. The van der Waals surface area contributed by atoms with Gasteiger partial charge in [-0.25, -0.2) is 4.39 Å². The minimum Gasteiger partial charge on any atom is -0.460 e. The molecule has 2 aromatic rings. The lowest BCUT2D eigenvalue weighted by Gasteiger charge is -2.12. The third-order valence-electron chi connectivity index (χ3n) is 3.17. The highest BCUT2D eigenvalue weighted by molar-refractivity contribution is 5.76. The van der Waals surface area contributed by atoms with E-state index in [9.17, 15) is 9.18 Å². The number of furan rings is 1. The van der Waals surface area contributed by atoms with Crippen molar-refractivity contribution >= 4 is 5.91 Å². The predicted octanol–water partition coefficient (Wildman–Crippen LogP) is 1.06. The molecule has 0 fully saturated rings. The fraction of sp³-hybridized carbons (Fsp3) is 0.312. The van der Waals surface area contributed by atoms with Crippen LogP contribution in [-0.4, -0.2) is 19.5 Å². The largest absolute Gasteiger partial charge is 0.460 e. The molecule has 0 saturated heterocycles. The number of benzene rings is 1. The van der Waals surface area contributed by atoms with E-state index >= 15 is 0 Å². The highest BCUT2D eigenvalue weighted by atomic mass is 19.1. The molecule has 1 aromatic heterocycles.